The van der Waals surface area contributed by atoms with Crippen molar-refractivity contribution in [3.05, 3.63) is 47.5 Å². The van der Waals surface area contributed by atoms with Crippen LogP contribution >= 0.6 is 0 Å². The van der Waals surface area contributed by atoms with Gasteiger partial charge in [-0.1, -0.05) is 55.7 Å². The summed E-state index contributed by atoms with van der Waals surface area (Å²) in [6.45, 7) is 3.41. The molecular weight excluding hydrogens is 392 g/mol. The van der Waals surface area contributed by atoms with Crippen LogP contribution in [0.5, 0.6) is 0 Å². The number of carboxylic acids is 1. The fraction of sp³-hybridized carbons (Fsp3) is 0.615. The average Bonchev–Trinajstić information content (AvgIpc) is 3.13. The van der Waals surface area contributed by atoms with Crippen molar-refractivity contribution in [1.82, 2.24) is 0 Å². The third-order valence-electron chi connectivity index (χ3n) is 5.76. The Balaban J connectivity index is 0.00000233. The standard InChI is InChI=1S/C25H36O4.CH4O/c1-2-29-19-21-12-9-11-20(18-21)10-7-8-13-22-16-17-24(26)23(22)14-5-3-4-6-15-25(27)28;1-2/h8-9,11-13,18,22-23H,2-7,10,14-17,19H2,1H3,(H,27,28);2H,1H3/b13-8+;/t22?,23-;/m1./s1. The summed E-state index contributed by atoms with van der Waals surface area (Å²) in [7, 11) is 1.00. The highest BCUT2D eigenvalue weighted by Crippen LogP contribution is 2.34. The number of benzene rings is 1. The van der Waals surface area contributed by atoms with E-state index in [0.29, 0.717) is 24.7 Å². The van der Waals surface area contributed by atoms with E-state index in [0.717, 1.165) is 65.1 Å². The Morgan fingerprint density at radius 3 is 2.65 bits per heavy atom. The SMILES string of the molecule is CCOCc1cccc(CC/C=C/C2CCC(=O)[C@@H]2CCCCCCC(=O)O)c1.CO. The van der Waals surface area contributed by atoms with Crippen molar-refractivity contribution >= 4 is 11.8 Å². The molecule has 0 saturated heterocycles. The molecule has 1 fully saturated rings. The zero-order chi connectivity index (χ0) is 22.9. The van der Waals surface area contributed by atoms with Crippen molar-refractivity contribution in [3.63, 3.8) is 0 Å². The molecule has 1 aliphatic carbocycles. The normalized spacial score (nSPS) is 18.2. The van der Waals surface area contributed by atoms with Gasteiger partial charge >= 0.3 is 5.97 Å². The van der Waals surface area contributed by atoms with Gasteiger partial charge < -0.3 is 14.9 Å². The first kappa shape index (κ1) is 27.1. The molecule has 0 aliphatic heterocycles. The molecule has 1 aliphatic rings. The van der Waals surface area contributed by atoms with Crippen LogP contribution in [0.25, 0.3) is 0 Å². The molecule has 1 aromatic rings. The van der Waals surface area contributed by atoms with E-state index in [1.54, 1.807) is 0 Å². The van der Waals surface area contributed by atoms with Gasteiger partial charge in [0, 0.05) is 32.5 Å². The van der Waals surface area contributed by atoms with Crippen LogP contribution < -0.4 is 0 Å². The van der Waals surface area contributed by atoms with Crippen molar-refractivity contribution in [2.45, 2.75) is 77.7 Å². The van der Waals surface area contributed by atoms with Crippen LogP contribution in [0, 0.1) is 11.8 Å². The molecule has 0 radical (unpaired) electrons. The van der Waals surface area contributed by atoms with Crippen LogP contribution in [0.3, 0.4) is 0 Å². The van der Waals surface area contributed by atoms with E-state index in [-0.39, 0.29) is 12.3 Å². The van der Waals surface area contributed by atoms with Gasteiger partial charge in [-0.3, -0.25) is 9.59 Å². The third-order valence-corrected chi connectivity index (χ3v) is 5.76. The topological polar surface area (TPSA) is 83.8 Å². The zero-order valence-electron chi connectivity index (χ0n) is 19.2. The first-order valence-corrected chi connectivity index (χ1v) is 11.6. The van der Waals surface area contributed by atoms with Crippen molar-refractivity contribution in [3.8, 4) is 0 Å². The quantitative estimate of drug-likeness (QED) is 0.306. The predicted octanol–water partition coefficient (Wildman–Crippen LogP) is 5.34. The second kappa shape index (κ2) is 16.7. The number of Topliss-reactive ketones (excluding diaryl/α,β-unsaturated/α-hetero) is 1. The summed E-state index contributed by atoms with van der Waals surface area (Å²) in [4.78, 5) is 22.8. The summed E-state index contributed by atoms with van der Waals surface area (Å²) in [5.41, 5.74) is 2.55. The second-order valence-electron chi connectivity index (χ2n) is 8.05. The highest BCUT2D eigenvalue weighted by molar-refractivity contribution is 5.83. The van der Waals surface area contributed by atoms with Crippen molar-refractivity contribution in [2.24, 2.45) is 11.8 Å². The van der Waals surface area contributed by atoms with Crippen molar-refractivity contribution < 1.29 is 24.5 Å². The summed E-state index contributed by atoms with van der Waals surface area (Å²) in [6, 6.07) is 8.58. The molecule has 0 bridgehead atoms. The lowest BCUT2D eigenvalue weighted by Crippen LogP contribution is -2.13. The number of aliphatic hydroxyl groups is 1. The molecule has 1 aromatic carbocycles. The lowest BCUT2D eigenvalue weighted by Gasteiger charge is -2.14. The van der Waals surface area contributed by atoms with E-state index in [1.807, 2.05) is 6.92 Å². The van der Waals surface area contributed by atoms with Gasteiger partial charge in [0.1, 0.15) is 5.78 Å². The average molecular weight is 433 g/mol. The van der Waals surface area contributed by atoms with Crippen LogP contribution in [0.15, 0.2) is 36.4 Å². The highest BCUT2D eigenvalue weighted by Gasteiger charge is 2.32. The summed E-state index contributed by atoms with van der Waals surface area (Å²) in [5.74, 6) is 0.238. The zero-order valence-corrected chi connectivity index (χ0v) is 19.2. The van der Waals surface area contributed by atoms with E-state index in [2.05, 4.69) is 36.4 Å². The van der Waals surface area contributed by atoms with Crippen LogP contribution in [0.1, 0.15) is 75.8 Å². The van der Waals surface area contributed by atoms with Gasteiger partial charge in [-0.15, -0.1) is 0 Å². The van der Waals surface area contributed by atoms with Crippen LogP contribution in [0.4, 0.5) is 0 Å². The minimum Gasteiger partial charge on any atom is -0.481 e. The molecule has 0 amide bonds. The molecule has 0 spiro atoms. The number of hydrogen-bond acceptors (Lipinski definition) is 4. The van der Waals surface area contributed by atoms with Gasteiger partial charge in [-0.25, -0.2) is 0 Å². The van der Waals surface area contributed by atoms with Gasteiger partial charge in [-0.05, 0) is 56.1 Å². The smallest absolute Gasteiger partial charge is 0.303 e. The number of aliphatic hydroxyl groups excluding tert-OH is 1. The number of allylic oxidation sites excluding steroid dienone is 2. The van der Waals surface area contributed by atoms with Crippen LogP contribution in [0.2, 0.25) is 0 Å². The maximum atomic E-state index is 12.2. The largest absolute Gasteiger partial charge is 0.481 e. The summed E-state index contributed by atoms with van der Waals surface area (Å²) in [5, 5.41) is 15.7. The molecule has 31 heavy (non-hydrogen) atoms. The van der Waals surface area contributed by atoms with Crippen LogP contribution in [-0.2, 0) is 27.4 Å². The van der Waals surface area contributed by atoms with E-state index in [4.69, 9.17) is 14.9 Å². The summed E-state index contributed by atoms with van der Waals surface area (Å²) in [6.07, 6.45) is 13.1. The number of carbonyl (C=O) groups excluding carboxylic acids is 1. The molecule has 5 nitrogen and oxygen atoms in total. The molecule has 0 aromatic heterocycles. The number of hydrogen-bond donors (Lipinski definition) is 2. The fourth-order valence-corrected chi connectivity index (χ4v) is 4.15. The fourth-order valence-electron chi connectivity index (χ4n) is 4.15. The Morgan fingerprint density at radius 2 is 1.90 bits per heavy atom. The number of ether oxygens (including phenoxy) is 1. The maximum absolute atomic E-state index is 12.2. The van der Waals surface area contributed by atoms with E-state index < -0.39 is 5.97 Å². The van der Waals surface area contributed by atoms with E-state index in [9.17, 15) is 9.59 Å². The number of aryl methyl sites for hydroxylation is 1. The lowest BCUT2D eigenvalue weighted by molar-refractivity contribution is -0.137. The molecule has 174 valence electrons. The third kappa shape index (κ3) is 11.3. The monoisotopic (exact) mass is 432 g/mol. The predicted molar refractivity (Wildman–Crippen MR) is 124 cm³/mol. The number of aliphatic carboxylic acids is 1. The Hall–Kier alpha value is -1.98. The lowest BCUT2D eigenvalue weighted by atomic mass is 9.89. The highest BCUT2D eigenvalue weighted by atomic mass is 16.5. The number of rotatable bonds is 14. The number of carbonyl (C=O) groups is 2. The molecule has 2 rings (SSSR count). The Bertz CT molecular complexity index is 668. The minimum absolute atomic E-state index is 0.167. The summed E-state index contributed by atoms with van der Waals surface area (Å²) < 4.78 is 5.48. The second-order valence-corrected chi connectivity index (χ2v) is 8.05. The Labute approximate surface area is 187 Å². The van der Waals surface area contributed by atoms with Crippen molar-refractivity contribution in [2.75, 3.05) is 13.7 Å². The first-order valence-electron chi connectivity index (χ1n) is 11.6. The first-order chi connectivity index (χ1) is 15.1. The Morgan fingerprint density at radius 1 is 1.16 bits per heavy atom. The maximum Gasteiger partial charge on any atom is 0.303 e. The minimum atomic E-state index is -0.720. The van der Waals surface area contributed by atoms with Gasteiger partial charge in [0.25, 0.3) is 0 Å². The van der Waals surface area contributed by atoms with E-state index >= 15 is 0 Å². The van der Waals surface area contributed by atoms with Gasteiger partial charge in [0.2, 0.25) is 0 Å². The van der Waals surface area contributed by atoms with Gasteiger partial charge in [0.05, 0.1) is 6.61 Å². The number of ketones is 1. The molecule has 0 heterocycles. The Kier molecular flexibility index (Phi) is 14.6. The van der Waals surface area contributed by atoms with Crippen molar-refractivity contribution in [1.29, 1.82) is 0 Å². The molecule has 1 unspecified atom stereocenters. The van der Waals surface area contributed by atoms with Gasteiger partial charge in [0.15, 0.2) is 0 Å². The van der Waals surface area contributed by atoms with Gasteiger partial charge in [-0.2, -0.15) is 0 Å². The molecule has 2 N–H and O–H groups in total. The molecular formula is C26H40O5. The molecule has 5 heteroatoms. The number of unbranched alkanes of at least 4 members (excludes halogenated alkanes) is 3. The summed E-state index contributed by atoms with van der Waals surface area (Å²) >= 11 is 0. The van der Waals surface area contributed by atoms with Crippen LogP contribution in [-0.4, -0.2) is 35.7 Å². The number of carboxylic acid groups (broad SMARTS) is 1. The molecule has 2 atom stereocenters. The molecule has 1 saturated carbocycles. The van der Waals surface area contributed by atoms with E-state index in [1.165, 1.54) is 11.1 Å².